The number of hydrogen-bond donors (Lipinski definition) is 1. The standard InChI is InChI=1S/C10H12N4OS3/c1-14(4-7-2-3-16-5-7)8(15)6-17-10-13-12-9(11)18-10/h2-3,5H,4,6H2,1H3,(H2,11,12). The number of amides is 1. The molecule has 0 aliphatic heterocycles. The Bertz CT molecular complexity index is 511. The Kier molecular flexibility index (Phi) is 4.56. The van der Waals surface area contributed by atoms with Crippen LogP contribution >= 0.6 is 34.4 Å². The van der Waals surface area contributed by atoms with Crippen LogP contribution in [0.1, 0.15) is 5.56 Å². The van der Waals surface area contributed by atoms with Crippen molar-refractivity contribution >= 4 is 45.5 Å². The summed E-state index contributed by atoms with van der Waals surface area (Å²) in [4.78, 5) is 13.6. The highest BCUT2D eigenvalue weighted by molar-refractivity contribution is 8.01. The summed E-state index contributed by atoms with van der Waals surface area (Å²) in [5.41, 5.74) is 6.63. The van der Waals surface area contributed by atoms with Gasteiger partial charge in [0.25, 0.3) is 0 Å². The normalized spacial score (nSPS) is 10.5. The largest absolute Gasteiger partial charge is 0.374 e. The third kappa shape index (κ3) is 3.69. The third-order valence-corrected chi connectivity index (χ3v) is 4.77. The van der Waals surface area contributed by atoms with Gasteiger partial charge in [-0.05, 0) is 22.4 Å². The van der Waals surface area contributed by atoms with Gasteiger partial charge in [0.05, 0.1) is 5.75 Å². The minimum Gasteiger partial charge on any atom is -0.374 e. The molecule has 2 aromatic rings. The van der Waals surface area contributed by atoms with Crippen LogP contribution in [0.3, 0.4) is 0 Å². The molecule has 0 atom stereocenters. The van der Waals surface area contributed by atoms with Gasteiger partial charge < -0.3 is 10.6 Å². The molecule has 1 amide bonds. The molecule has 8 heteroatoms. The maximum absolute atomic E-state index is 11.9. The van der Waals surface area contributed by atoms with Gasteiger partial charge in [0.2, 0.25) is 11.0 Å². The first-order valence-electron chi connectivity index (χ1n) is 5.12. The highest BCUT2D eigenvalue weighted by Gasteiger charge is 2.11. The summed E-state index contributed by atoms with van der Waals surface area (Å²) < 4.78 is 0.727. The van der Waals surface area contributed by atoms with Gasteiger partial charge in [-0.1, -0.05) is 23.1 Å². The lowest BCUT2D eigenvalue weighted by molar-refractivity contribution is -0.127. The molecule has 96 valence electrons. The minimum atomic E-state index is 0.0694. The SMILES string of the molecule is CN(Cc1ccsc1)C(=O)CSc1nnc(N)s1. The predicted molar refractivity (Wildman–Crippen MR) is 75.8 cm³/mol. The van der Waals surface area contributed by atoms with Crippen LogP contribution in [0.5, 0.6) is 0 Å². The van der Waals surface area contributed by atoms with Gasteiger partial charge >= 0.3 is 0 Å². The number of nitrogens with two attached hydrogens (primary N) is 1. The number of nitrogens with zero attached hydrogens (tertiary/aromatic N) is 3. The fourth-order valence-corrected chi connectivity index (χ4v) is 3.49. The summed E-state index contributed by atoms with van der Waals surface area (Å²) >= 11 is 4.30. The molecule has 2 N–H and O–H groups in total. The topological polar surface area (TPSA) is 72.1 Å². The molecule has 18 heavy (non-hydrogen) atoms. The van der Waals surface area contributed by atoms with Gasteiger partial charge in [-0.2, -0.15) is 11.3 Å². The lowest BCUT2D eigenvalue weighted by Gasteiger charge is -2.15. The van der Waals surface area contributed by atoms with E-state index in [2.05, 4.69) is 10.2 Å². The molecular formula is C10H12N4OS3. The zero-order chi connectivity index (χ0) is 13.0. The van der Waals surface area contributed by atoms with E-state index >= 15 is 0 Å². The molecule has 0 unspecified atom stereocenters. The van der Waals surface area contributed by atoms with Gasteiger partial charge in [-0.25, -0.2) is 0 Å². The molecule has 2 heterocycles. The lowest BCUT2D eigenvalue weighted by Crippen LogP contribution is -2.27. The van der Waals surface area contributed by atoms with Crippen LogP contribution in [0.2, 0.25) is 0 Å². The van der Waals surface area contributed by atoms with Gasteiger partial charge in [0, 0.05) is 13.6 Å². The van der Waals surface area contributed by atoms with Crippen molar-refractivity contribution in [3.63, 3.8) is 0 Å². The Hall–Kier alpha value is -1.12. The first-order valence-corrected chi connectivity index (χ1v) is 7.86. The molecule has 5 nitrogen and oxygen atoms in total. The van der Waals surface area contributed by atoms with Crippen molar-refractivity contribution in [3.8, 4) is 0 Å². The highest BCUT2D eigenvalue weighted by atomic mass is 32.2. The molecule has 0 bridgehead atoms. The number of anilines is 1. The number of thiophene rings is 1. The van der Waals surface area contributed by atoms with Crippen LogP contribution in [0.4, 0.5) is 5.13 Å². The highest BCUT2D eigenvalue weighted by Crippen LogP contribution is 2.23. The van der Waals surface area contributed by atoms with E-state index in [9.17, 15) is 4.79 Å². The zero-order valence-electron chi connectivity index (χ0n) is 9.70. The van der Waals surface area contributed by atoms with E-state index in [1.54, 1.807) is 23.3 Å². The summed E-state index contributed by atoms with van der Waals surface area (Å²) in [6.07, 6.45) is 0. The molecule has 0 saturated carbocycles. The van der Waals surface area contributed by atoms with Crippen LogP contribution in [-0.2, 0) is 11.3 Å². The number of hydrogen-bond acceptors (Lipinski definition) is 7. The second-order valence-electron chi connectivity index (χ2n) is 3.58. The first-order chi connectivity index (χ1) is 8.65. The number of carbonyl (C=O) groups excluding carboxylic acids is 1. The van der Waals surface area contributed by atoms with Crippen LogP contribution in [0.15, 0.2) is 21.2 Å². The van der Waals surface area contributed by atoms with Crippen molar-refractivity contribution in [2.45, 2.75) is 10.9 Å². The minimum absolute atomic E-state index is 0.0694. The number of nitrogen functional groups attached to an aromatic ring is 1. The zero-order valence-corrected chi connectivity index (χ0v) is 12.1. The summed E-state index contributed by atoms with van der Waals surface area (Å²) in [5, 5.41) is 12.0. The van der Waals surface area contributed by atoms with Crippen molar-refractivity contribution in [1.29, 1.82) is 0 Å². The number of carbonyl (C=O) groups is 1. The van der Waals surface area contributed by atoms with Crippen molar-refractivity contribution < 1.29 is 4.79 Å². The van der Waals surface area contributed by atoms with E-state index in [0.29, 0.717) is 17.4 Å². The molecular weight excluding hydrogens is 288 g/mol. The van der Waals surface area contributed by atoms with Crippen LogP contribution in [0.25, 0.3) is 0 Å². The number of thioether (sulfide) groups is 1. The first kappa shape index (κ1) is 13.3. The quantitative estimate of drug-likeness (QED) is 0.854. The van der Waals surface area contributed by atoms with Crippen LogP contribution in [-0.4, -0.2) is 33.8 Å². The van der Waals surface area contributed by atoms with Crippen LogP contribution in [0, 0.1) is 0 Å². The third-order valence-electron chi connectivity index (χ3n) is 2.17. The second kappa shape index (κ2) is 6.17. The van der Waals surface area contributed by atoms with Gasteiger partial charge in [-0.3, -0.25) is 4.79 Å². The Morgan fingerprint density at radius 3 is 3.00 bits per heavy atom. The van der Waals surface area contributed by atoms with E-state index in [-0.39, 0.29) is 5.91 Å². The molecule has 0 aliphatic rings. The van der Waals surface area contributed by atoms with E-state index in [1.165, 1.54) is 23.1 Å². The maximum Gasteiger partial charge on any atom is 0.233 e. The molecule has 0 saturated heterocycles. The molecule has 0 spiro atoms. The van der Waals surface area contributed by atoms with Gasteiger partial charge in [0.1, 0.15) is 0 Å². The number of rotatable bonds is 5. The Morgan fingerprint density at radius 1 is 1.56 bits per heavy atom. The van der Waals surface area contributed by atoms with E-state index in [0.717, 1.165) is 9.90 Å². The Morgan fingerprint density at radius 2 is 2.39 bits per heavy atom. The molecule has 0 aliphatic carbocycles. The summed E-state index contributed by atoms with van der Waals surface area (Å²) in [5.74, 6) is 0.426. The van der Waals surface area contributed by atoms with Gasteiger partial charge in [-0.15, -0.1) is 10.2 Å². The Labute approximate surface area is 117 Å². The van der Waals surface area contributed by atoms with Crippen molar-refractivity contribution in [3.05, 3.63) is 22.4 Å². The smallest absolute Gasteiger partial charge is 0.233 e. The summed E-state index contributed by atoms with van der Waals surface area (Å²) in [6, 6.07) is 2.02. The van der Waals surface area contributed by atoms with Gasteiger partial charge in [0.15, 0.2) is 4.34 Å². The lowest BCUT2D eigenvalue weighted by atomic mass is 10.3. The fraction of sp³-hybridized carbons (Fsp3) is 0.300. The summed E-state index contributed by atoms with van der Waals surface area (Å²) in [7, 11) is 1.80. The van der Waals surface area contributed by atoms with E-state index in [1.807, 2.05) is 16.8 Å². The molecule has 0 fully saturated rings. The van der Waals surface area contributed by atoms with Crippen LogP contribution < -0.4 is 5.73 Å². The maximum atomic E-state index is 11.9. The fourth-order valence-electron chi connectivity index (χ4n) is 1.26. The average molecular weight is 300 g/mol. The Balaban J connectivity index is 1.80. The molecule has 2 aromatic heterocycles. The van der Waals surface area contributed by atoms with E-state index in [4.69, 9.17) is 5.73 Å². The van der Waals surface area contributed by atoms with Crippen molar-refractivity contribution in [2.75, 3.05) is 18.5 Å². The molecule has 0 radical (unpaired) electrons. The van der Waals surface area contributed by atoms with Crippen molar-refractivity contribution in [2.24, 2.45) is 0 Å². The monoisotopic (exact) mass is 300 g/mol. The second-order valence-corrected chi connectivity index (χ2v) is 6.59. The number of aromatic nitrogens is 2. The van der Waals surface area contributed by atoms with E-state index < -0.39 is 0 Å². The average Bonchev–Trinajstić information content (AvgIpc) is 2.97. The predicted octanol–water partition coefficient (Wildman–Crippen LogP) is 1.93. The summed E-state index contributed by atoms with van der Waals surface area (Å²) in [6.45, 7) is 0.640. The molecule has 0 aromatic carbocycles. The van der Waals surface area contributed by atoms with Crippen molar-refractivity contribution in [1.82, 2.24) is 15.1 Å². The molecule has 2 rings (SSSR count).